The molecule has 0 bridgehead atoms. The molecule has 3 rings (SSSR count). The molecule has 9 heteroatoms. The first kappa shape index (κ1) is 18.6. The molecule has 1 aromatic rings. The normalized spacial score (nSPS) is 19.2. The molecule has 130 valence electrons. The maximum absolute atomic E-state index is 12.8. The number of hydrogen-bond donors (Lipinski definition) is 1. The summed E-state index contributed by atoms with van der Waals surface area (Å²) in [6.07, 6.45) is 1.58. The molecule has 0 saturated carbocycles. The van der Waals surface area contributed by atoms with Gasteiger partial charge in [0.2, 0.25) is 10.0 Å². The molecular weight excluding hydrogens is 363 g/mol. The van der Waals surface area contributed by atoms with Crippen LogP contribution in [0.5, 0.6) is 11.5 Å². The van der Waals surface area contributed by atoms with E-state index >= 15 is 0 Å². The molecule has 1 saturated heterocycles. The number of fused-ring (bicyclic) bond motifs is 1. The predicted molar refractivity (Wildman–Crippen MR) is 90.5 cm³/mol. The first-order valence-corrected chi connectivity index (χ1v) is 9.10. The van der Waals surface area contributed by atoms with E-state index in [4.69, 9.17) is 21.1 Å². The molecule has 1 fully saturated rings. The third kappa shape index (κ3) is 3.69. The highest BCUT2D eigenvalue weighted by Gasteiger charge is 2.32. The van der Waals surface area contributed by atoms with Crippen LogP contribution in [0.25, 0.3) is 0 Å². The summed E-state index contributed by atoms with van der Waals surface area (Å²) < 4.78 is 38.0. The number of nitrogens with one attached hydrogen (secondary N) is 1. The van der Waals surface area contributed by atoms with Crippen molar-refractivity contribution in [3.63, 3.8) is 0 Å². The molecule has 1 N–H and O–H groups in total. The van der Waals surface area contributed by atoms with Crippen LogP contribution in [0.3, 0.4) is 0 Å². The summed E-state index contributed by atoms with van der Waals surface area (Å²) in [7, 11) is -1.72. The minimum absolute atomic E-state index is 0. The Balaban J connectivity index is 0.00000192. The average Bonchev–Trinajstić information content (AvgIpc) is 2.54. The van der Waals surface area contributed by atoms with E-state index < -0.39 is 10.0 Å². The van der Waals surface area contributed by atoms with Crippen LogP contribution < -0.4 is 14.8 Å². The van der Waals surface area contributed by atoms with Gasteiger partial charge in [0.1, 0.15) is 18.1 Å². The number of hydrogen-bond acceptors (Lipinski definition) is 5. The molecule has 0 aliphatic carbocycles. The summed E-state index contributed by atoms with van der Waals surface area (Å²) in [4.78, 5) is 0.0846. The van der Waals surface area contributed by atoms with Crippen molar-refractivity contribution < 1.29 is 17.9 Å². The van der Waals surface area contributed by atoms with E-state index in [1.165, 1.54) is 16.4 Å². The van der Waals surface area contributed by atoms with Crippen LogP contribution in [0.15, 0.2) is 17.0 Å². The lowest BCUT2D eigenvalue weighted by Crippen LogP contribution is -2.43. The van der Waals surface area contributed by atoms with Gasteiger partial charge < -0.3 is 14.8 Å². The van der Waals surface area contributed by atoms with Crippen molar-refractivity contribution >= 4 is 34.0 Å². The Morgan fingerprint density at radius 2 is 1.74 bits per heavy atom. The van der Waals surface area contributed by atoms with Crippen LogP contribution in [0.2, 0.25) is 5.02 Å². The Kier molecular flexibility index (Phi) is 6.02. The highest BCUT2D eigenvalue weighted by molar-refractivity contribution is 7.89. The van der Waals surface area contributed by atoms with Crippen LogP contribution in [-0.2, 0) is 10.0 Å². The smallest absolute Gasteiger partial charge is 0.244 e. The van der Waals surface area contributed by atoms with Gasteiger partial charge in [0, 0.05) is 31.3 Å². The minimum Gasteiger partial charge on any atom is -0.486 e. The highest BCUT2D eigenvalue weighted by Crippen LogP contribution is 2.38. The first-order chi connectivity index (χ1) is 10.5. The Bertz CT molecular complexity index is 661. The van der Waals surface area contributed by atoms with Crippen LogP contribution >= 0.6 is 24.0 Å². The lowest BCUT2D eigenvalue weighted by Gasteiger charge is -2.31. The fourth-order valence-electron chi connectivity index (χ4n) is 2.77. The molecule has 0 aromatic heterocycles. The van der Waals surface area contributed by atoms with Gasteiger partial charge in [-0.3, -0.25) is 0 Å². The number of sulfonamides is 1. The van der Waals surface area contributed by atoms with Gasteiger partial charge in [0.15, 0.2) is 11.5 Å². The Labute approximate surface area is 147 Å². The molecule has 23 heavy (non-hydrogen) atoms. The first-order valence-electron chi connectivity index (χ1n) is 7.29. The van der Waals surface area contributed by atoms with E-state index in [1.54, 1.807) is 0 Å². The molecular formula is C14H20Cl2N2O4S. The highest BCUT2D eigenvalue weighted by atomic mass is 35.5. The van der Waals surface area contributed by atoms with Crippen LogP contribution in [0, 0.1) is 0 Å². The quantitative estimate of drug-likeness (QED) is 0.864. The second kappa shape index (κ2) is 7.44. The SMILES string of the molecule is CNC1CCN(S(=O)(=O)c2cc3c(cc2Cl)OCCO3)CC1.Cl. The monoisotopic (exact) mass is 382 g/mol. The minimum atomic E-state index is -3.62. The van der Waals surface area contributed by atoms with E-state index in [0.29, 0.717) is 43.8 Å². The van der Waals surface area contributed by atoms with Crippen LogP contribution in [0.4, 0.5) is 0 Å². The van der Waals surface area contributed by atoms with Gasteiger partial charge in [-0.15, -0.1) is 12.4 Å². The summed E-state index contributed by atoms with van der Waals surface area (Å²) in [6.45, 7) is 1.81. The van der Waals surface area contributed by atoms with E-state index in [0.717, 1.165) is 12.8 Å². The van der Waals surface area contributed by atoms with Crippen molar-refractivity contribution in [2.45, 2.75) is 23.8 Å². The molecule has 2 heterocycles. The molecule has 0 amide bonds. The van der Waals surface area contributed by atoms with Crippen molar-refractivity contribution in [2.75, 3.05) is 33.4 Å². The van der Waals surface area contributed by atoms with Crippen molar-refractivity contribution in [3.8, 4) is 11.5 Å². The van der Waals surface area contributed by atoms with Crippen molar-refractivity contribution in [2.24, 2.45) is 0 Å². The molecule has 0 unspecified atom stereocenters. The van der Waals surface area contributed by atoms with E-state index in [2.05, 4.69) is 5.32 Å². The topological polar surface area (TPSA) is 67.9 Å². The number of nitrogens with zero attached hydrogens (tertiary/aromatic N) is 1. The molecule has 0 radical (unpaired) electrons. The standard InChI is InChI=1S/C14H19ClN2O4S.ClH/c1-16-10-2-4-17(5-3-10)22(18,19)14-9-13-12(8-11(14)15)20-6-7-21-13;/h8-10,16H,2-7H2,1H3;1H. The van der Waals surface area contributed by atoms with E-state index in [1.807, 2.05) is 7.05 Å². The number of piperidine rings is 1. The zero-order chi connectivity index (χ0) is 15.7. The van der Waals surface area contributed by atoms with Gasteiger partial charge >= 0.3 is 0 Å². The Morgan fingerprint density at radius 3 is 2.30 bits per heavy atom. The lowest BCUT2D eigenvalue weighted by molar-refractivity contribution is 0.171. The van der Waals surface area contributed by atoms with Gasteiger partial charge in [0.25, 0.3) is 0 Å². The summed E-state index contributed by atoms with van der Waals surface area (Å²) in [5.74, 6) is 0.920. The van der Waals surface area contributed by atoms with Gasteiger partial charge in [-0.2, -0.15) is 4.31 Å². The summed E-state index contributed by atoms with van der Waals surface area (Å²) in [5.41, 5.74) is 0. The number of ether oxygens (including phenoxy) is 2. The zero-order valence-electron chi connectivity index (χ0n) is 12.7. The molecule has 6 nitrogen and oxygen atoms in total. The second-order valence-electron chi connectivity index (χ2n) is 5.39. The van der Waals surface area contributed by atoms with E-state index in [9.17, 15) is 8.42 Å². The Hall–Kier alpha value is -0.730. The number of halogens is 2. The second-order valence-corrected chi connectivity index (χ2v) is 7.71. The Morgan fingerprint density at radius 1 is 1.17 bits per heavy atom. The molecule has 0 atom stereocenters. The van der Waals surface area contributed by atoms with Crippen molar-refractivity contribution in [1.29, 1.82) is 0 Å². The largest absolute Gasteiger partial charge is 0.486 e. The van der Waals surface area contributed by atoms with Gasteiger partial charge in [-0.05, 0) is 19.9 Å². The summed E-state index contributed by atoms with van der Waals surface area (Å²) in [5, 5.41) is 3.35. The van der Waals surface area contributed by atoms with Gasteiger partial charge in [-0.25, -0.2) is 8.42 Å². The van der Waals surface area contributed by atoms with Crippen molar-refractivity contribution in [3.05, 3.63) is 17.2 Å². The summed E-state index contributed by atoms with van der Waals surface area (Å²) >= 11 is 6.17. The third-order valence-corrected chi connectivity index (χ3v) is 6.44. The zero-order valence-corrected chi connectivity index (χ0v) is 15.1. The lowest BCUT2D eigenvalue weighted by atomic mass is 10.1. The fourth-order valence-corrected chi connectivity index (χ4v) is 4.74. The van der Waals surface area contributed by atoms with Crippen LogP contribution in [-0.4, -0.2) is 52.1 Å². The maximum atomic E-state index is 12.8. The van der Waals surface area contributed by atoms with Gasteiger partial charge in [0.05, 0.1) is 5.02 Å². The summed E-state index contributed by atoms with van der Waals surface area (Å²) in [6, 6.07) is 3.35. The maximum Gasteiger partial charge on any atom is 0.244 e. The van der Waals surface area contributed by atoms with E-state index in [-0.39, 0.29) is 22.3 Å². The number of benzene rings is 1. The molecule has 2 aliphatic heterocycles. The molecule has 0 spiro atoms. The number of rotatable bonds is 3. The third-order valence-electron chi connectivity index (χ3n) is 4.08. The molecule has 1 aromatic carbocycles. The average molecular weight is 383 g/mol. The predicted octanol–water partition coefficient (Wildman–Crippen LogP) is 1.91. The molecule has 2 aliphatic rings. The van der Waals surface area contributed by atoms with Crippen molar-refractivity contribution in [1.82, 2.24) is 9.62 Å². The van der Waals surface area contributed by atoms with Crippen LogP contribution in [0.1, 0.15) is 12.8 Å². The van der Waals surface area contributed by atoms with Gasteiger partial charge in [-0.1, -0.05) is 11.6 Å². The fraction of sp³-hybridized carbons (Fsp3) is 0.571.